The molecule has 1 fully saturated rings. The third-order valence-electron chi connectivity index (χ3n) is 5.17. The van der Waals surface area contributed by atoms with E-state index in [1.807, 2.05) is 45.2 Å². The molecule has 1 aliphatic rings. The van der Waals surface area contributed by atoms with Crippen molar-refractivity contribution < 1.29 is 4.74 Å². The number of nitriles is 1. The molecule has 4 heterocycles. The molecule has 3 aromatic rings. The molecule has 1 atom stereocenters. The van der Waals surface area contributed by atoms with Gasteiger partial charge in [-0.2, -0.15) is 9.61 Å². The highest BCUT2D eigenvalue weighted by Gasteiger charge is 2.28. The summed E-state index contributed by atoms with van der Waals surface area (Å²) in [5, 5.41) is 13.7. The van der Waals surface area contributed by atoms with Crippen LogP contribution < -0.4 is 4.74 Å². The Labute approximate surface area is 166 Å². The van der Waals surface area contributed by atoms with E-state index in [0.29, 0.717) is 5.88 Å². The van der Waals surface area contributed by atoms with Crippen molar-refractivity contribution in [2.45, 2.75) is 52.2 Å². The smallest absolute Gasteiger partial charge is 0.268 e. The van der Waals surface area contributed by atoms with Crippen molar-refractivity contribution in [2.24, 2.45) is 0 Å². The number of fused-ring (bicyclic) bond motifs is 1. The second-order valence-corrected chi connectivity index (χ2v) is 6.89. The van der Waals surface area contributed by atoms with Crippen LogP contribution >= 0.6 is 0 Å². The molecule has 144 valence electrons. The standard InChI is InChI=1S/C19H20BN5O.C2H6/c1-13-5-6-15(10-22-13)16-11-23-25-18(26-2)8-17(24-19(16)25)14-4-3-7-20(9-14)12-21;1-2/h5-6,8,10-11,14H,3-4,7,9H2,1-2H3;1-2H3. The van der Waals surface area contributed by atoms with E-state index >= 15 is 0 Å². The summed E-state index contributed by atoms with van der Waals surface area (Å²) in [4.78, 5) is 9.30. The zero-order valence-corrected chi connectivity index (χ0v) is 17.0. The van der Waals surface area contributed by atoms with Gasteiger partial charge in [-0.1, -0.05) is 39.0 Å². The molecule has 4 rings (SSSR count). The Morgan fingerprint density at radius 3 is 2.79 bits per heavy atom. The maximum Gasteiger partial charge on any atom is 0.268 e. The molecule has 0 N–H and O–H groups in total. The van der Waals surface area contributed by atoms with E-state index in [1.54, 1.807) is 17.8 Å². The van der Waals surface area contributed by atoms with Gasteiger partial charge in [-0.25, -0.2) is 10.2 Å². The van der Waals surface area contributed by atoms with Crippen LogP contribution in [0, 0.1) is 18.2 Å². The predicted molar refractivity (Wildman–Crippen MR) is 112 cm³/mol. The largest absolute Gasteiger partial charge is 0.481 e. The number of aromatic nitrogens is 4. The van der Waals surface area contributed by atoms with Gasteiger partial charge in [-0.3, -0.25) is 4.98 Å². The van der Waals surface area contributed by atoms with Crippen molar-refractivity contribution in [1.82, 2.24) is 19.6 Å². The summed E-state index contributed by atoms with van der Waals surface area (Å²) in [6.07, 6.45) is 7.61. The maximum atomic E-state index is 9.29. The van der Waals surface area contributed by atoms with E-state index in [1.165, 1.54) is 0 Å². The van der Waals surface area contributed by atoms with Crippen LogP contribution in [0.2, 0.25) is 12.6 Å². The number of nitrogens with zero attached hydrogens (tertiary/aromatic N) is 5. The Morgan fingerprint density at radius 1 is 1.29 bits per heavy atom. The van der Waals surface area contributed by atoms with Crippen LogP contribution in [0.25, 0.3) is 16.8 Å². The number of hydrogen-bond donors (Lipinski definition) is 0. The molecule has 6 nitrogen and oxygen atoms in total. The Hall–Kier alpha value is -2.88. The molecule has 0 aliphatic carbocycles. The molecule has 28 heavy (non-hydrogen) atoms. The quantitative estimate of drug-likeness (QED) is 0.627. The van der Waals surface area contributed by atoms with Crippen molar-refractivity contribution in [3.8, 4) is 23.0 Å². The first-order valence-electron chi connectivity index (χ1n) is 9.95. The van der Waals surface area contributed by atoms with Crippen molar-refractivity contribution >= 4 is 12.4 Å². The van der Waals surface area contributed by atoms with E-state index in [2.05, 4.69) is 16.1 Å². The van der Waals surface area contributed by atoms with Gasteiger partial charge < -0.3 is 4.74 Å². The van der Waals surface area contributed by atoms with E-state index in [4.69, 9.17) is 9.72 Å². The van der Waals surface area contributed by atoms with Gasteiger partial charge in [0.15, 0.2) is 5.65 Å². The first-order chi connectivity index (χ1) is 13.7. The summed E-state index contributed by atoms with van der Waals surface area (Å²) < 4.78 is 7.29. The van der Waals surface area contributed by atoms with Gasteiger partial charge in [0.25, 0.3) is 6.71 Å². The number of pyridine rings is 1. The molecule has 0 aromatic carbocycles. The molecule has 0 saturated carbocycles. The van der Waals surface area contributed by atoms with E-state index < -0.39 is 0 Å². The van der Waals surface area contributed by atoms with Gasteiger partial charge in [-0.15, -0.1) is 0 Å². The number of rotatable bonds is 3. The number of ether oxygens (including phenoxy) is 1. The van der Waals surface area contributed by atoms with Crippen molar-refractivity contribution in [3.05, 3.63) is 42.0 Å². The molecule has 1 saturated heterocycles. The lowest BCUT2D eigenvalue weighted by atomic mass is 9.41. The first kappa shape index (κ1) is 19.9. The Kier molecular flexibility index (Phi) is 6.30. The second-order valence-electron chi connectivity index (χ2n) is 6.89. The highest BCUT2D eigenvalue weighted by molar-refractivity contribution is 6.67. The summed E-state index contributed by atoms with van der Waals surface area (Å²) in [6, 6.07) is 5.98. The summed E-state index contributed by atoms with van der Waals surface area (Å²) in [7, 11) is 1.65. The zero-order chi connectivity index (χ0) is 20.1. The van der Waals surface area contributed by atoms with Crippen LogP contribution in [0.3, 0.4) is 0 Å². The average molecular weight is 375 g/mol. The van der Waals surface area contributed by atoms with Crippen LogP contribution in [-0.2, 0) is 0 Å². The normalized spacial score (nSPS) is 16.2. The summed E-state index contributed by atoms with van der Waals surface area (Å²) in [5.74, 6) is 3.37. The minimum absolute atomic E-state index is 0.114. The average Bonchev–Trinajstić information content (AvgIpc) is 3.19. The number of hydrogen-bond acceptors (Lipinski definition) is 5. The van der Waals surface area contributed by atoms with Crippen LogP contribution in [-0.4, -0.2) is 33.4 Å². The number of aryl methyl sites for hydroxylation is 1. The third kappa shape index (κ3) is 3.86. The fraction of sp³-hybridized carbons (Fsp3) is 0.429. The molecular weight excluding hydrogens is 349 g/mol. The number of methoxy groups -OCH3 is 1. The van der Waals surface area contributed by atoms with Gasteiger partial charge in [0.1, 0.15) is 0 Å². The molecule has 3 aromatic heterocycles. The highest BCUT2D eigenvalue weighted by Crippen LogP contribution is 2.35. The lowest BCUT2D eigenvalue weighted by Gasteiger charge is -2.23. The lowest BCUT2D eigenvalue weighted by molar-refractivity contribution is 0.383. The Balaban J connectivity index is 0.00000109. The molecule has 1 aliphatic heterocycles. The van der Waals surface area contributed by atoms with Crippen LogP contribution in [0.4, 0.5) is 0 Å². The lowest BCUT2D eigenvalue weighted by Crippen LogP contribution is -2.21. The topological polar surface area (TPSA) is 76.1 Å². The Bertz CT molecular complexity index is 977. The molecule has 0 radical (unpaired) electrons. The molecule has 0 amide bonds. The predicted octanol–water partition coefficient (Wildman–Crippen LogP) is 4.57. The van der Waals surface area contributed by atoms with E-state index in [0.717, 1.165) is 53.6 Å². The van der Waals surface area contributed by atoms with Gasteiger partial charge in [0.05, 0.1) is 19.0 Å². The SMILES string of the molecule is CC.COc1cc(C2CCCB(C#N)C2)nc2c(-c3ccc(C)nc3)cnn12. The summed E-state index contributed by atoms with van der Waals surface area (Å²) in [6.45, 7) is 6.08. The van der Waals surface area contributed by atoms with Gasteiger partial charge >= 0.3 is 0 Å². The van der Waals surface area contributed by atoms with E-state index in [-0.39, 0.29) is 12.6 Å². The summed E-state index contributed by atoms with van der Waals surface area (Å²) >= 11 is 0. The highest BCUT2D eigenvalue weighted by atomic mass is 16.5. The monoisotopic (exact) mass is 375 g/mol. The fourth-order valence-corrected chi connectivity index (χ4v) is 3.71. The van der Waals surface area contributed by atoms with Gasteiger partial charge in [-0.05, 0) is 25.3 Å². The molecule has 0 bridgehead atoms. The van der Waals surface area contributed by atoms with Gasteiger partial charge in [0, 0.05) is 35.1 Å². The van der Waals surface area contributed by atoms with Crippen molar-refractivity contribution in [1.29, 1.82) is 5.26 Å². The molecule has 0 spiro atoms. The van der Waals surface area contributed by atoms with Gasteiger partial charge in [0.2, 0.25) is 5.88 Å². The zero-order valence-electron chi connectivity index (χ0n) is 17.0. The minimum Gasteiger partial charge on any atom is -0.481 e. The first-order valence-corrected chi connectivity index (χ1v) is 9.95. The van der Waals surface area contributed by atoms with Crippen LogP contribution in [0.1, 0.15) is 44.0 Å². The summed E-state index contributed by atoms with van der Waals surface area (Å²) in [5.41, 5.74) is 4.64. The minimum atomic E-state index is 0.114. The Morgan fingerprint density at radius 2 is 2.11 bits per heavy atom. The van der Waals surface area contributed by atoms with Crippen LogP contribution in [0.5, 0.6) is 5.88 Å². The van der Waals surface area contributed by atoms with Crippen molar-refractivity contribution in [3.63, 3.8) is 0 Å². The second kappa shape index (κ2) is 8.88. The third-order valence-corrected chi connectivity index (χ3v) is 5.17. The van der Waals surface area contributed by atoms with Crippen molar-refractivity contribution in [2.75, 3.05) is 7.11 Å². The molecule has 1 unspecified atom stereocenters. The maximum absolute atomic E-state index is 9.29. The fourth-order valence-electron chi connectivity index (χ4n) is 3.71. The van der Waals surface area contributed by atoms with Crippen LogP contribution in [0.15, 0.2) is 30.6 Å². The van der Waals surface area contributed by atoms with E-state index in [9.17, 15) is 5.26 Å². The molecule has 7 heteroatoms. The molecular formula is C21H26BN5O.